The minimum Gasteiger partial charge on any atom is -0.383 e. The Morgan fingerprint density at radius 3 is 2.32 bits per heavy atom. The zero-order valence-corrected chi connectivity index (χ0v) is 12.9. The maximum Gasteiger partial charge on any atom is 0.0661 e. The van der Waals surface area contributed by atoms with E-state index in [9.17, 15) is 0 Å². The summed E-state index contributed by atoms with van der Waals surface area (Å²) in [6, 6.07) is 0.669. The lowest BCUT2D eigenvalue weighted by Gasteiger charge is -2.47. The Bertz CT molecular complexity index is 275. The van der Waals surface area contributed by atoms with Crippen molar-refractivity contribution < 1.29 is 4.74 Å². The largest absolute Gasteiger partial charge is 0.383 e. The van der Waals surface area contributed by atoms with Crippen LogP contribution in [0, 0.1) is 5.92 Å². The highest BCUT2D eigenvalue weighted by atomic mass is 16.5. The fourth-order valence-corrected chi connectivity index (χ4v) is 3.73. The molecule has 0 radical (unpaired) electrons. The van der Waals surface area contributed by atoms with Crippen LogP contribution in [-0.4, -0.2) is 68.3 Å². The minimum atomic E-state index is 0.0772. The van der Waals surface area contributed by atoms with Gasteiger partial charge in [0.15, 0.2) is 0 Å². The van der Waals surface area contributed by atoms with Crippen LogP contribution in [-0.2, 0) is 4.74 Å². The average molecular weight is 269 g/mol. The maximum absolute atomic E-state index is 6.16. The third kappa shape index (κ3) is 3.13. The Morgan fingerprint density at radius 2 is 1.89 bits per heavy atom. The number of ether oxygens (including phenoxy) is 1. The fourth-order valence-electron chi connectivity index (χ4n) is 3.73. The molecule has 0 spiro atoms. The third-order valence-corrected chi connectivity index (χ3v) is 5.34. The van der Waals surface area contributed by atoms with E-state index in [4.69, 9.17) is 10.5 Å². The van der Waals surface area contributed by atoms with E-state index < -0.39 is 0 Å². The lowest BCUT2D eigenvalue weighted by atomic mass is 9.88. The topological polar surface area (TPSA) is 41.7 Å². The van der Waals surface area contributed by atoms with Crippen molar-refractivity contribution in [1.29, 1.82) is 0 Å². The molecule has 19 heavy (non-hydrogen) atoms. The molecule has 1 aliphatic carbocycles. The molecule has 1 heterocycles. The van der Waals surface area contributed by atoms with Gasteiger partial charge in [-0.05, 0) is 58.3 Å². The van der Waals surface area contributed by atoms with Crippen LogP contribution in [0.15, 0.2) is 0 Å². The van der Waals surface area contributed by atoms with Gasteiger partial charge in [-0.1, -0.05) is 6.92 Å². The van der Waals surface area contributed by atoms with Gasteiger partial charge in [0.25, 0.3) is 0 Å². The number of hydrogen-bond donors (Lipinski definition) is 1. The lowest BCUT2D eigenvalue weighted by molar-refractivity contribution is -0.0247. The first kappa shape index (κ1) is 15.2. The molecule has 4 nitrogen and oxygen atoms in total. The second kappa shape index (κ2) is 6.53. The van der Waals surface area contributed by atoms with Gasteiger partial charge >= 0.3 is 0 Å². The van der Waals surface area contributed by atoms with Crippen molar-refractivity contribution >= 4 is 0 Å². The zero-order chi connectivity index (χ0) is 13.9. The molecular formula is C15H31N3O. The highest BCUT2D eigenvalue weighted by Gasteiger charge is 2.49. The quantitative estimate of drug-likeness (QED) is 0.753. The van der Waals surface area contributed by atoms with Gasteiger partial charge in [-0.2, -0.15) is 0 Å². The summed E-state index contributed by atoms with van der Waals surface area (Å²) in [5.74, 6) is 0.742. The van der Waals surface area contributed by atoms with Crippen LogP contribution in [0.5, 0.6) is 0 Å². The predicted molar refractivity (Wildman–Crippen MR) is 79.3 cm³/mol. The van der Waals surface area contributed by atoms with Gasteiger partial charge in [0.1, 0.15) is 0 Å². The van der Waals surface area contributed by atoms with E-state index in [-0.39, 0.29) is 5.54 Å². The molecule has 0 amide bonds. The van der Waals surface area contributed by atoms with Gasteiger partial charge in [0, 0.05) is 19.7 Å². The highest BCUT2D eigenvalue weighted by molar-refractivity contribution is 5.04. The number of rotatable bonds is 7. The number of likely N-dealkylation sites (tertiary alicyclic amines) is 1. The van der Waals surface area contributed by atoms with Gasteiger partial charge < -0.3 is 15.4 Å². The molecule has 2 aliphatic rings. The molecule has 2 rings (SSSR count). The van der Waals surface area contributed by atoms with Crippen molar-refractivity contribution in [3.8, 4) is 0 Å². The summed E-state index contributed by atoms with van der Waals surface area (Å²) in [4.78, 5) is 5.11. The molecule has 1 aliphatic heterocycles. The lowest BCUT2D eigenvalue weighted by Crippen LogP contribution is -2.61. The Hall–Kier alpha value is -0.160. The fraction of sp³-hybridized carbons (Fsp3) is 1.00. The van der Waals surface area contributed by atoms with Crippen LogP contribution in [0.2, 0.25) is 0 Å². The van der Waals surface area contributed by atoms with E-state index in [2.05, 4.69) is 23.8 Å². The Morgan fingerprint density at radius 1 is 1.26 bits per heavy atom. The van der Waals surface area contributed by atoms with E-state index in [0.717, 1.165) is 19.1 Å². The molecule has 1 atom stereocenters. The van der Waals surface area contributed by atoms with Gasteiger partial charge in [0.2, 0.25) is 0 Å². The molecular weight excluding hydrogens is 238 g/mol. The monoisotopic (exact) mass is 269 g/mol. The summed E-state index contributed by atoms with van der Waals surface area (Å²) >= 11 is 0. The summed E-state index contributed by atoms with van der Waals surface area (Å²) < 4.78 is 5.52. The molecule has 4 heteroatoms. The smallest absolute Gasteiger partial charge is 0.0661 e. The van der Waals surface area contributed by atoms with Gasteiger partial charge in [0.05, 0.1) is 12.1 Å². The second-order valence-corrected chi connectivity index (χ2v) is 6.29. The van der Waals surface area contributed by atoms with Crippen molar-refractivity contribution in [2.45, 2.75) is 44.2 Å². The summed E-state index contributed by atoms with van der Waals surface area (Å²) in [6.07, 6.45) is 5.17. The molecule has 2 N–H and O–H groups in total. The standard InChI is InChI=1S/C15H31N3O/c1-4-18-9-7-14(8-10-18)17(2)15(11-16,12-19-3)13-5-6-13/h13-14H,4-12,16H2,1-3H3. The molecule has 0 bridgehead atoms. The predicted octanol–water partition coefficient (Wildman–Crippen LogP) is 1.16. The van der Waals surface area contributed by atoms with Gasteiger partial charge in [-0.15, -0.1) is 0 Å². The average Bonchev–Trinajstić information content (AvgIpc) is 3.29. The first-order valence-electron chi connectivity index (χ1n) is 7.82. The van der Waals surface area contributed by atoms with Crippen LogP contribution in [0.4, 0.5) is 0 Å². The van der Waals surface area contributed by atoms with Crippen molar-refractivity contribution in [1.82, 2.24) is 9.80 Å². The normalized spacial score (nSPS) is 25.7. The number of methoxy groups -OCH3 is 1. The first-order valence-corrected chi connectivity index (χ1v) is 7.82. The number of hydrogen-bond acceptors (Lipinski definition) is 4. The van der Waals surface area contributed by atoms with Crippen LogP contribution >= 0.6 is 0 Å². The van der Waals surface area contributed by atoms with E-state index in [0.29, 0.717) is 6.04 Å². The van der Waals surface area contributed by atoms with E-state index in [1.807, 2.05) is 0 Å². The Balaban J connectivity index is 2.01. The summed E-state index contributed by atoms with van der Waals surface area (Å²) in [6.45, 7) is 7.38. The second-order valence-electron chi connectivity index (χ2n) is 6.29. The molecule has 2 fully saturated rings. The van der Waals surface area contributed by atoms with Crippen molar-refractivity contribution in [2.24, 2.45) is 11.7 Å². The van der Waals surface area contributed by atoms with E-state index >= 15 is 0 Å². The highest BCUT2D eigenvalue weighted by Crippen LogP contribution is 2.44. The number of likely N-dealkylation sites (N-methyl/N-ethyl adjacent to an activating group) is 1. The SMILES string of the molecule is CCN1CCC(N(C)C(CN)(COC)C2CC2)CC1. The van der Waals surface area contributed by atoms with Crippen LogP contribution in [0.25, 0.3) is 0 Å². The molecule has 112 valence electrons. The minimum absolute atomic E-state index is 0.0772. The Labute approximate surface area is 118 Å². The van der Waals surface area contributed by atoms with Gasteiger partial charge in [-0.3, -0.25) is 4.90 Å². The van der Waals surface area contributed by atoms with Crippen LogP contribution in [0.3, 0.4) is 0 Å². The van der Waals surface area contributed by atoms with Gasteiger partial charge in [-0.25, -0.2) is 0 Å². The van der Waals surface area contributed by atoms with E-state index in [1.165, 1.54) is 45.3 Å². The number of nitrogens with two attached hydrogens (primary N) is 1. The Kier molecular flexibility index (Phi) is 5.23. The van der Waals surface area contributed by atoms with Crippen LogP contribution < -0.4 is 5.73 Å². The van der Waals surface area contributed by atoms with Crippen LogP contribution in [0.1, 0.15) is 32.6 Å². The number of piperidine rings is 1. The first-order chi connectivity index (χ1) is 9.17. The third-order valence-electron chi connectivity index (χ3n) is 5.34. The molecule has 0 aromatic carbocycles. The van der Waals surface area contributed by atoms with Crippen molar-refractivity contribution in [3.05, 3.63) is 0 Å². The van der Waals surface area contributed by atoms with E-state index in [1.54, 1.807) is 7.11 Å². The molecule has 1 unspecified atom stereocenters. The maximum atomic E-state index is 6.16. The number of nitrogens with zero attached hydrogens (tertiary/aromatic N) is 2. The molecule has 0 aromatic heterocycles. The summed E-state index contributed by atoms with van der Waals surface area (Å²) in [7, 11) is 4.08. The zero-order valence-electron chi connectivity index (χ0n) is 12.9. The molecule has 0 aromatic rings. The summed E-state index contributed by atoms with van der Waals surface area (Å²) in [5, 5.41) is 0. The molecule has 1 saturated carbocycles. The molecule has 1 saturated heterocycles. The van der Waals surface area contributed by atoms with Crippen molar-refractivity contribution in [2.75, 3.05) is 46.9 Å². The summed E-state index contributed by atoms with van der Waals surface area (Å²) in [5.41, 5.74) is 6.24. The van der Waals surface area contributed by atoms with Crippen molar-refractivity contribution in [3.63, 3.8) is 0 Å².